The van der Waals surface area contributed by atoms with Crippen molar-refractivity contribution in [1.82, 2.24) is 9.55 Å². The van der Waals surface area contributed by atoms with Crippen molar-refractivity contribution in [2.75, 3.05) is 5.73 Å². The summed E-state index contributed by atoms with van der Waals surface area (Å²) in [5, 5.41) is 0. The highest BCUT2D eigenvalue weighted by molar-refractivity contribution is 5.24. The van der Waals surface area contributed by atoms with Crippen molar-refractivity contribution in [3.8, 4) is 0 Å². The summed E-state index contributed by atoms with van der Waals surface area (Å²) in [6.07, 6.45) is 0. The van der Waals surface area contributed by atoms with Gasteiger partial charge >= 0.3 is 5.69 Å². The van der Waals surface area contributed by atoms with Crippen LogP contribution in [-0.2, 0) is 7.05 Å². The van der Waals surface area contributed by atoms with Crippen molar-refractivity contribution in [3.05, 3.63) is 22.5 Å². The van der Waals surface area contributed by atoms with Gasteiger partial charge in [-0.25, -0.2) is 4.79 Å². The highest BCUT2D eigenvalue weighted by Crippen LogP contribution is 1.94. The Kier molecular flexibility index (Phi) is 1.41. The van der Waals surface area contributed by atoms with Crippen molar-refractivity contribution in [1.29, 1.82) is 0 Å². The molecule has 0 aliphatic rings. The Bertz CT molecular complexity index is 306. The van der Waals surface area contributed by atoms with E-state index < -0.39 is 11.6 Å². The predicted octanol–water partition coefficient (Wildman–Crippen LogP) is -0.498. The summed E-state index contributed by atoms with van der Waals surface area (Å²) in [7, 11) is 1.28. The lowest BCUT2D eigenvalue weighted by Crippen LogP contribution is -2.23. The molecule has 0 fully saturated rings. The standard InChI is InChI=1S/C5H6FN3O/c1-9-3(6)2-4(7)8-5(9)10/h2H,1H3,(H2,7,8,10). The summed E-state index contributed by atoms with van der Waals surface area (Å²) >= 11 is 0. The Hall–Kier alpha value is -1.39. The number of nitrogens with two attached hydrogens (primary N) is 1. The summed E-state index contributed by atoms with van der Waals surface area (Å²) in [6, 6.07) is 0.988. The molecule has 0 aliphatic carbocycles. The van der Waals surface area contributed by atoms with E-state index in [4.69, 9.17) is 5.73 Å². The van der Waals surface area contributed by atoms with Gasteiger partial charge in [-0.3, -0.25) is 4.57 Å². The van der Waals surface area contributed by atoms with Crippen LogP contribution in [0.2, 0.25) is 0 Å². The summed E-state index contributed by atoms with van der Waals surface area (Å²) < 4.78 is 13.3. The van der Waals surface area contributed by atoms with Gasteiger partial charge in [-0.15, -0.1) is 0 Å². The van der Waals surface area contributed by atoms with E-state index in [-0.39, 0.29) is 5.82 Å². The molecule has 1 heterocycles. The van der Waals surface area contributed by atoms with Crippen LogP contribution in [0.4, 0.5) is 10.2 Å². The van der Waals surface area contributed by atoms with Gasteiger partial charge in [0.25, 0.3) is 0 Å². The third-order valence-electron chi connectivity index (χ3n) is 1.10. The molecule has 1 aromatic rings. The largest absolute Gasteiger partial charge is 0.383 e. The van der Waals surface area contributed by atoms with Gasteiger partial charge in [-0.1, -0.05) is 0 Å². The SMILES string of the molecule is Cn1c(F)cc(N)nc1=O. The Morgan fingerprint density at radius 3 is 2.90 bits per heavy atom. The lowest BCUT2D eigenvalue weighted by Gasteiger charge is -1.97. The molecule has 1 aromatic heterocycles. The second-order valence-corrected chi connectivity index (χ2v) is 1.85. The van der Waals surface area contributed by atoms with E-state index in [1.807, 2.05) is 0 Å². The van der Waals surface area contributed by atoms with Gasteiger partial charge in [0.2, 0.25) is 5.95 Å². The average molecular weight is 143 g/mol. The number of hydrogen-bond acceptors (Lipinski definition) is 3. The number of nitrogen functional groups attached to an aromatic ring is 1. The lowest BCUT2D eigenvalue weighted by atomic mass is 10.6. The maximum atomic E-state index is 12.5. The van der Waals surface area contributed by atoms with Crippen LogP contribution < -0.4 is 11.4 Å². The van der Waals surface area contributed by atoms with E-state index in [9.17, 15) is 9.18 Å². The first-order valence-electron chi connectivity index (χ1n) is 2.60. The third-order valence-corrected chi connectivity index (χ3v) is 1.10. The highest BCUT2D eigenvalue weighted by atomic mass is 19.1. The molecule has 0 radical (unpaired) electrons. The number of hydrogen-bond donors (Lipinski definition) is 1. The molecule has 0 bridgehead atoms. The maximum Gasteiger partial charge on any atom is 0.351 e. The molecule has 0 spiro atoms. The van der Waals surface area contributed by atoms with E-state index in [1.165, 1.54) is 7.05 Å². The molecule has 4 nitrogen and oxygen atoms in total. The van der Waals surface area contributed by atoms with Crippen molar-refractivity contribution < 1.29 is 4.39 Å². The summed E-state index contributed by atoms with van der Waals surface area (Å²) in [6.45, 7) is 0. The summed E-state index contributed by atoms with van der Waals surface area (Å²) in [5.41, 5.74) is 4.38. The van der Waals surface area contributed by atoms with Crippen LogP contribution in [0.25, 0.3) is 0 Å². The second-order valence-electron chi connectivity index (χ2n) is 1.85. The number of aromatic nitrogens is 2. The highest BCUT2D eigenvalue weighted by Gasteiger charge is 1.99. The molecule has 1 rings (SSSR count). The van der Waals surface area contributed by atoms with Crippen LogP contribution in [-0.4, -0.2) is 9.55 Å². The van der Waals surface area contributed by atoms with Gasteiger partial charge in [0.05, 0.1) is 0 Å². The molecular weight excluding hydrogens is 137 g/mol. The fraction of sp³-hybridized carbons (Fsp3) is 0.200. The van der Waals surface area contributed by atoms with Gasteiger partial charge in [-0.2, -0.15) is 9.37 Å². The van der Waals surface area contributed by atoms with Crippen molar-refractivity contribution in [2.24, 2.45) is 7.05 Å². The zero-order valence-electron chi connectivity index (χ0n) is 5.34. The minimum absolute atomic E-state index is 0.0967. The average Bonchev–Trinajstić information content (AvgIpc) is 1.82. The zero-order chi connectivity index (χ0) is 7.72. The van der Waals surface area contributed by atoms with Crippen LogP contribution in [0.5, 0.6) is 0 Å². The van der Waals surface area contributed by atoms with E-state index in [2.05, 4.69) is 4.98 Å². The number of halogens is 1. The number of nitrogens with zero attached hydrogens (tertiary/aromatic N) is 2. The minimum atomic E-state index is -0.683. The first-order valence-corrected chi connectivity index (χ1v) is 2.60. The van der Waals surface area contributed by atoms with Crippen LogP contribution in [0.1, 0.15) is 0 Å². The molecule has 54 valence electrons. The van der Waals surface area contributed by atoms with Gasteiger partial charge in [-0.05, 0) is 0 Å². The maximum absolute atomic E-state index is 12.5. The Morgan fingerprint density at radius 1 is 1.80 bits per heavy atom. The van der Waals surface area contributed by atoms with Crippen molar-refractivity contribution in [2.45, 2.75) is 0 Å². The monoisotopic (exact) mass is 143 g/mol. The van der Waals surface area contributed by atoms with E-state index in [1.54, 1.807) is 0 Å². The predicted molar refractivity (Wildman–Crippen MR) is 33.8 cm³/mol. The Morgan fingerprint density at radius 2 is 2.40 bits per heavy atom. The molecule has 0 amide bonds. The first-order chi connectivity index (χ1) is 4.61. The fourth-order valence-electron chi connectivity index (χ4n) is 0.528. The Balaban J connectivity index is 3.46. The van der Waals surface area contributed by atoms with E-state index in [0.717, 1.165) is 10.6 Å². The lowest BCUT2D eigenvalue weighted by molar-refractivity contribution is 0.508. The van der Waals surface area contributed by atoms with E-state index in [0.29, 0.717) is 0 Å². The quantitative estimate of drug-likeness (QED) is 0.498. The van der Waals surface area contributed by atoms with Gasteiger partial charge in [0.1, 0.15) is 5.82 Å². The number of anilines is 1. The molecular formula is C5H6FN3O. The van der Waals surface area contributed by atoms with E-state index >= 15 is 0 Å². The molecule has 0 aromatic carbocycles. The third kappa shape index (κ3) is 0.975. The summed E-state index contributed by atoms with van der Waals surface area (Å²) in [5.74, 6) is -0.780. The van der Waals surface area contributed by atoms with Gasteiger partial charge in [0, 0.05) is 13.1 Å². The molecule has 0 unspecified atom stereocenters. The minimum Gasteiger partial charge on any atom is -0.383 e. The summed E-state index contributed by atoms with van der Waals surface area (Å²) in [4.78, 5) is 13.9. The van der Waals surface area contributed by atoms with Crippen molar-refractivity contribution in [3.63, 3.8) is 0 Å². The fourth-order valence-corrected chi connectivity index (χ4v) is 0.528. The normalized spacial score (nSPS) is 9.80. The van der Waals surface area contributed by atoms with Crippen molar-refractivity contribution >= 4 is 5.82 Å². The zero-order valence-corrected chi connectivity index (χ0v) is 5.34. The topological polar surface area (TPSA) is 60.9 Å². The van der Waals surface area contributed by atoms with Gasteiger partial charge < -0.3 is 5.73 Å². The van der Waals surface area contributed by atoms with Gasteiger partial charge in [0.15, 0.2) is 0 Å². The molecule has 0 saturated heterocycles. The first kappa shape index (κ1) is 6.73. The molecule has 0 atom stereocenters. The molecule has 5 heteroatoms. The van der Waals surface area contributed by atoms with Crippen LogP contribution in [0.15, 0.2) is 10.9 Å². The molecule has 0 saturated carbocycles. The second kappa shape index (κ2) is 2.09. The smallest absolute Gasteiger partial charge is 0.351 e. The molecule has 10 heavy (non-hydrogen) atoms. The van der Waals surface area contributed by atoms with Crippen LogP contribution >= 0.6 is 0 Å². The van der Waals surface area contributed by atoms with Crippen LogP contribution in [0, 0.1) is 5.95 Å². The number of rotatable bonds is 0. The van der Waals surface area contributed by atoms with Crippen LogP contribution in [0.3, 0.4) is 0 Å². The Labute approximate surface area is 56.1 Å². The molecule has 2 N–H and O–H groups in total. The molecule has 0 aliphatic heterocycles.